The summed E-state index contributed by atoms with van der Waals surface area (Å²) in [5, 5.41) is 21.1. The Kier molecular flexibility index (Phi) is 3.54. The van der Waals surface area contributed by atoms with Gasteiger partial charge in [0, 0.05) is 18.8 Å². The third kappa shape index (κ3) is 3.31. The number of aliphatic hydroxyl groups is 1. The summed E-state index contributed by atoms with van der Waals surface area (Å²) in [6, 6.07) is 6.63. The van der Waals surface area contributed by atoms with Crippen LogP contribution in [0.3, 0.4) is 0 Å². The summed E-state index contributed by atoms with van der Waals surface area (Å²) in [7, 11) is 0. The Labute approximate surface area is 77.0 Å². The van der Waals surface area contributed by atoms with E-state index in [2.05, 4.69) is 5.32 Å². The number of anilines is 1. The van der Waals surface area contributed by atoms with Gasteiger partial charge in [-0.25, -0.2) is 0 Å². The van der Waals surface area contributed by atoms with Crippen molar-refractivity contribution in [3.8, 4) is 5.75 Å². The summed E-state index contributed by atoms with van der Waals surface area (Å²) >= 11 is 0. The van der Waals surface area contributed by atoms with Crippen LogP contribution in [0.2, 0.25) is 0 Å². The number of benzene rings is 1. The molecule has 1 aromatic rings. The molecule has 1 rings (SSSR count). The number of hydrogen-bond donors (Lipinski definition) is 4. The van der Waals surface area contributed by atoms with Crippen LogP contribution in [0.15, 0.2) is 24.3 Å². The van der Waals surface area contributed by atoms with Crippen LogP contribution in [0.5, 0.6) is 5.75 Å². The minimum absolute atomic E-state index is 0.227. The molecule has 0 amide bonds. The van der Waals surface area contributed by atoms with Crippen molar-refractivity contribution in [1.82, 2.24) is 0 Å². The van der Waals surface area contributed by atoms with Crippen LogP contribution < -0.4 is 11.1 Å². The highest BCUT2D eigenvalue weighted by Gasteiger charge is 1.99. The van der Waals surface area contributed by atoms with Gasteiger partial charge in [-0.15, -0.1) is 0 Å². The van der Waals surface area contributed by atoms with E-state index in [1.54, 1.807) is 24.3 Å². The molecule has 0 fully saturated rings. The first-order valence-electron chi connectivity index (χ1n) is 4.13. The molecule has 0 radical (unpaired) electrons. The molecule has 0 saturated heterocycles. The molecular formula is C9H14N2O2. The van der Waals surface area contributed by atoms with Gasteiger partial charge in [-0.05, 0) is 24.3 Å². The first-order valence-corrected chi connectivity index (χ1v) is 4.13. The maximum absolute atomic E-state index is 9.14. The topological polar surface area (TPSA) is 78.5 Å². The first kappa shape index (κ1) is 9.83. The standard InChI is InChI=1S/C9H14N2O2/c10-5-9(13)6-11-7-1-3-8(12)4-2-7/h1-4,9,11-13H,5-6,10H2. The first-order chi connectivity index (χ1) is 6.22. The fraction of sp³-hybridized carbons (Fsp3) is 0.333. The number of aromatic hydroxyl groups is 1. The lowest BCUT2D eigenvalue weighted by Crippen LogP contribution is -2.27. The second-order valence-electron chi connectivity index (χ2n) is 2.82. The molecule has 72 valence electrons. The Balaban J connectivity index is 2.41. The van der Waals surface area contributed by atoms with Gasteiger partial charge in [0.05, 0.1) is 6.10 Å². The van der Waals surface area contributed by atoms with E-state index in [4.69, 9.17) is 15.9 Å². The second kappa shape index (κ2) is 4.69. The second-order valence-corrected chi connectivity index (χ2v) is 2.82. The molecule has 5 N–H and O–H groups in total. The largest absolute Gasteiger partial charge is 0.508 e. The van der Waals surface area contributed by atoms with Crippen molar-refractivity contribution in [2.45, 2.75) is 6.10 Å². The lowest BCUT2D eigenvalue weighted by molar-refractivity contribution is 0.196. The zero-order valence-electron chi connectivity index (χ0n) is 7.27. The van der Waals surface area contributed by atoms with E-state index in [0.29, 0.717) is 6.54 Å². The van der Waals surface area contributed by atoms with E-state index in [-0.39, 0.29) is 12.3 Å². The fourth-order valence-corrected chi connectivity index (χ4v) is 0.898. The van der Waals surface area contributed by atoms with Crippen LogP contribution in [0.1, 0.15) is 0 Å². The Hall–Kier alpha value is -1.26. The van der Waals surface area contributed by atoms with Crippen LogP contribution in [0.4, 0.5) is 5.69 Å². The van der Waals surface area contributed by atoms with Crippen LogP contribution >= 0.6 is 0 Å². The molecule has 1 aromatic carbocycles. The Bertz CT molecular complexity index is 248. The van der Waals surface area contributed by atoms with Gasteiger partial charge in [-0.3, -0.25) is 0 Å². The molecule has 0 aliphatic carbocycles. The Morgan fingerprint density at radius 1 is 1.31 bits per heavy atom. The van der Waals surface area contributed by atoms with Gasteiger partial charge >= 0.3 is 0 Å². The molecular weight excluding hydrogens is 168 g/mol. The van der Waals surface area contributed by atoms with Crippen molar-refractivity contribution in [3.05, 3.63) is 24.3 Å². The zero-order valence-corrected chi connectivity index (χ0v) is 7.27. The van der Waals surface area contributed by atoms with E-state index in [1.807, 2.05) is 0 Å². The molecule has 0 spiro atoms. The maximum atomic E-state index is 9.14. The summed E-state index contributed by atoms with van der Waals surface area (Å²) < 4.78 is 0. The van der Waals surface area contributed by atoms with E-state index in [0.717, 1.165) is 5.69 Å². The van der Waals surface area contributed by atoms with Gasteiger partial charge in [0.2, 0.25) is 0 Å². The van der Waals surface area contributed by atoms with Gasteiger partial charge in [0.25, 0.3) is 0 Å². The van der Waals surface area contributed by atoms with Crippen LogP contribution in [0, 0.1) is 0 Å². The van der Waals surface area contributed by atoms with Gasteiger partial charge in [0.1, 0.15) is 5.75 Å². The summed E-state index contributed by atoms with van der Waals surface area (Å²) in [5.74, 6) is 0.227. The SMILES string of the molecule is NCC(O)CNc1ccc(O)cc1. The van der Waals surface area contributed by atoms with Crippen LogP contribution in [-0.2, 0) is 0 Å². The van der Waals surface area contributed by atoms with Gasteiger partial charge < -0.3 is 21.3 Å². The highest BCUT2D eigenvalue weighted by Crippen LogP contribution is 2.13. The third-order valence-corrected chi connectivity index (χ3v) is 1.68. The number of nitrogens with two attached hydrogens (primary N) is 1. The molecule has 4 heteroatoms. The predicted molar refractivity (Wildman–Crippen MR) is 51.7 cm³/mol. The number of phenolic OH excluding ortho intramolecular Hbond substituents is 1. The predicted octanol–water partition coefficient (Wildman–Crippen LogP) is 0.124. The van der Waals surface area contributed by atoms with Crippen molar-refractivity contribution in [2.75, 3.05) is 18.4 Å². The summed E-state index contributed by atoms with van der Waals surface area (Å²) in [6.45, 7) is 0.659. The monoisotopic (exact) mass is 182 g/mol. The van der Waals surface area contributed by atoms with Gasteiger partial charge in [0.15, 0.2) is 0 Å². The van der Waals surface area contributed by atoms with E-state index in [9.17, 15) is 0 Å². The lowest BCUT2D eigenvalue weighted by atomic mass is 10.3. The highest BCUT2D eigenvalue weighted by atomic mass is 16.3. The molecule has 1 unspecified atom stereocenters. The average molecular weight is 182 g/mol. The summed E-state index contributed by atoms with van der Waals surface area (Å²) in [5.41, 5.74) is 6.08. The maximum Gasteiger partial charge on any atom is 0.115 e. The Morgan fingerprint density at radius 2 is 1.92 bits per heavy atom. The normalized spacial score (nSPS) is 12.5. The number of phenols is 1. The summed E-state index contributed by atoms with van der Waals surface area (Å²) in [6.07, 6.45) is -0.534. The van der Waals surface area contributed by atoms with Crippen LogP contribution in [0.25, 0.3) is 0 Å². The quantitative estimate of drug-likeness (QED) is 0.499. The van der Waals surface area contributed by atoms with Crippen molar-refractivity contribution in [3.63, 3.8) is 0 Å². The zero-order chi connectivity index (χ0) is 9.68. The van der Waals surface area contributed by atoms with E-state index < -0.39 is 6.10 Å². The summed E-state index contributed by atoms with van der Waals surface area (Å²) in [4.78, 5) is 0. The van der Waals surface area contributed by atoms with Gasteiger partial charge in [-0.1, -0.05) is 0 Å². The fourth-order valence-electron chi connectivity index (χ4n) is 0.898. The average Bonchev–Trinajstić information content (AvgIpc) is 2.16. The molecule has 0 heterocycles. The van der Waals surface area contributed by atoms with E-state index in [1.165, 1.54) is 0 Å². The molecule has 0 bridgehead atoms. The number of hydrogen-bond acceptors (Lipinski definition) is 4. The number of aliphatic hydroxyl groups excluding tert-OH is 1. The van der Waals surface area contributed by atoms with Crippen molar-refractivity contribution in [1.29, 1.82) is 0 Å². The molecule has 0 aliphatic heterocycles. The smallest absolute Gasteiger partial charge is 0.115 e. The van der Waals surface area contributed by atoms with Crippen LogP contribution in [-0.4, -0.2) is 29.4 Å². The highest BCUT2D eigenvalue weighted by molar-refractivity contribution is 5.45. The molecule has 1 atom stereocenters. The minimum Gasteiger partial charge on any atom is -0.508 e. The third-order valence-electron chi connectivity index (χ3n) is 1.68. The molecule has 0 saturated carbocycles. The minimum atomic E-state index is -0.534. The van der Waals surface area contributed by atoms with Gasteiger partial charge in [-0.2, -0.15) is 0 Å². The number of nitrogens with one attached hydrogen (secondary N) is 1. The molecule has 0 aromatic heterocycles. The van der Waals surface area contributed by atoms with E-state index >= 15 is 0 Å². The molecule has 0 aliphatic rings. The molecule has 4 nitrogen and oxygen atoms in total. The Morgan fingerprint density at radius 3 is 2.46 bits per heavy atom. The lowest BCUT2D eigenvalue weighted by Gasteiger charge is -2.10. The van der Waals surface area contributed by atoms with Crippen molar-refractivity contribution < 1.29 is 10.2 Å². The van der Waals surface area contributed by atoms with Crippen molar-refractivity contribution >= 4 is 5.69 Å². The van der Waals surface area contributed by atoms with Crippen molar-refractivity contribution in [2.24, 2.45) is 5.73 Å². The molecule has 13 heavy (non-hydrogen) atoms. The number of rotatable bonds is 4.